The monoisotopic (exact) mass is 460 g/mol. The van der Waals surface area contributed by atoms with Crippen LogP contribution in [0.5, 0.6) is 0 Å². The molecule has 1 amide bonds. The molecule has 1 heterocycles. The number of nitrogens with two attached hydrogens (primary N) is 1. The Morgan fingerprint density at radius 2 is 1.28 bits per heavy atom. The van der Waals surface area contributed by atoms with Gasteiger partial charge in [-0.15, -0.1) is 0 Å². The molecule has 8 heteroatoms. The Labute approximate surface area is 193 Å². The van der Waals surface area contributed by atoms with E-state index < -0.39 is 49.2 Å². The molecule has 0 aliphatic carbocycles. The van der Waals surface area contributed by atoms with Gasteiger partial charge in [0.25, 0.3) is 0 Å². The number of ether oxygens (including phenoxy) is 1. The van der Waals surface area contributed by atoms with Crippen molar-refractivity contribution in [3.63, 3.8) is 0 Å². The standard InChI is InChI=1S/C24H48N2O6/c1-2-3-4-5-6-7-8-9-10-11-12-13-14-15-16-18(25)23(31)26-24-22(30)21(29)20(28)19(17-27)32-24/h18-22,24,27-30H,2-17,25H2,1H3,(H,26,31)/t18-,19+,20+,21-,22+,24+/m0/s1. The lowest BCUT2D eigenvalue weighted by atomic mass is 9.98. The molecule has 190 valence electrons. The second kappa shape index (κ2) is 17.7. The van der Waals surface area contributed by atoms with Crippen LogP contribution in [0.15, 0.2) is 0 Å². The number of hydrogen-bond acceptors (Lipinski definition) is 7. The lowest BCUT2D eigenvalue weighted by Gasteiger charge is -2.40. The van der Waals surface area contributed by atoms with Crippen molar-refractivity contribution in [1.82, 2.24) is 5.32 Å². The third-order valence-electron chi connectivity index (χ3n) is 6.38. The van der Waals surface area contributed by atoms with E-state index >= 15 is 0 Å². The van der Waals surface area contributed by atoms with Gasteiger partial charge in [-0.05, 0) is 6.42 Å². The maximum Gasteiger partial charge on any atom is 0.238 e. The average molecular weight is 461 g/mol. The molecule has 6 atom stereocenters. The summed E-state index contributed by atoms with van der Waals surface area (Å²) in [6.45, 7) is 1.71. The van der Waals surface area contributed by atoms with Crippen LogP contribution in [0.3, 0.4) is 0 Å². The van der Waals surface area contributed by atoms with Crippen LogP contribution in [0, 0.1) is 0 Å². The number of aliphatic hydroxyl groups is 4. The molecule has 0 aromatic carbocycles. The van der Waals surface area contributed by atoms with Gasteiger partial charge in [-0.25, -0.2) is 0 Å². The first-order valence-electron chi connectivity index (χ1n) is 12.8. The lowest BCUT2D eigenvalue weighted by Crippen LogP contribution is -2.64. The van der Waals surface area contributed by atoms with E-state index in [0.717, 1.165) is 19.3 Å². The zero-order valence-electron chi connectivity index (χ0n) is 20.0. The van der Waals surface area contributed by atoms with Crippen LogP contribution in [0.4, 0.5) is 0 Å². The lowest BCUT2D eigenvalue weighted by molar-refractivity contribution is -0.236. The average Bonchev–Trinajstić information content (AvgIpc) is 2.79. The number of carbonyl (C=O) groups excluding carboxylic acids is 1. The maximum absolute atomic E-state index is 12.3. The van der Waals surface area contributed by atoms with Crippen molar-refractivity contribution in [3.8, 4) is 0 Å². The van der Waals surface area contributed by atoms with E-state index in [1.807, 2.05) is 0 Å². The smallest absolute Gasteiger partial charge is 0.238 e. The number of nitrogens with one attached hydrogen (secondary N) is 1. The Bertz CT molecular complexity index is 479. The van der Waals surface area contributed by atoms with Crippen LogP contribution < -0.4 is 11.1 Å². The fourth-order valence-electron chi connectivity index (χ4n) is 4.16. The van der Waals surface area contributed by atoms with Gasteiger partial charge in [-0.1, -0.05) is 96.8 Å². The van der Waals surface area contributed by atoms with Crippen LogP contribution in [0.1, 0.15) is 103 Å². The zero-order valence-corrected chi connectivity index (χ0v) is 20.0. The van der Waals surface area contributed by atoms with E-state index in [1.165, 1.54) is 70.6 Å². The van der Waals surface area contributed by atoms with Crippen molar-refractivity contribution < 1.29 is 30.0 Å². The summed E-state index contributed by atoms with van der Waals surface area (Å²) < 4.78 is 5.28. The van der Waals surface area contributed by atoms with E-state index in [0.29, 0.717) is 6.42 Å². The molecule has 0 saturated carbocycles. The molecule has 32 heavy (non-hydrogen) atoms. The highest BCUT2D eigenvalue weighted by atomic mass is 16.6. The van der Waals surface area contributed by atoms with Gasteiger partial charge < -0.3 is 36.2 Å². The highest BCUT2D eigenvalue weighted by molar-refractivity contribution is 5.81. The fraction of sp³-hybridized carbons (Fsp3) is 0.958. The second-order valence-corrected chi connectivity index (χ2v) is 9.25. The summed E-state index contributed by atoms with van der Waals surface area (Å²) in [7, 11) is 0. The highest BCUT2D eigenvalue weighted by Gasteiger charge is 2.44. The highest BCUT2D eigenvalue weighted by Crippen LogP contribution is 2.20. The van der Waals surface area contributed by atoms with Crippen LogP contribution in [-0.2, 0) is 9.53 Å². The topological polar surface area (TPSA) is 145 Å². The van der Waals surface area contributed by atoms with Gasteiger partial charge in [-0.3, -0.25) is 4.79 Å². The summed E-state index contributed by atoms with van der Waals surface area (Å²) in [6, 6.07) is -0.736. The van der Waals surface area contributed by atoms with Crippen molar-refractivity contribution >= 4 is 5.91 Å². The molecule has 1 aliphatic rings. The Hall–Kier alpha value is -0.770. The molecule has 0 unspecified atom stereocenters. The Kier molecular flexibility index (Phi) is 16.2. The SMILES string of the molecule is CCCCCCCCCCCCCCCC[C@H](N)C(=O)N[C@@H]1O[C@H](CO)[C@@H](O)[C@H](O)[C@H]1O. The van der Waals surface area contributed by atoms with Crippen LogP contribution in [0.2, 0.25) is 0 Å². The summed E-state index contributed by atoms with van der Waals surface area (Å²) in [5.74, 6) is -0.482. The third-order valence-corrected chi connectivity index (χ3v) is 6.38. The van der Waals surface area contributed by atoms with Gasteiger partial charge in [-0.2, -0.15) is 0 Å². The summed E-state index contributed by atoms with van der Waals surface area (Å²) in [4.78, 5) is 12.3. The van der Waals surface area contributed by atoms with E-state index in [4.69, 9.17) is 10.5 Å². The minimum Gasteiger partial charge on any atom is -0.394 e. The normalized spacial score (nSPS) is 26.8. The van der Waals surface area contributed by atoms with E-state index in [1.54, 1.807) is 0 Å². The van der Waals surface area contributed by atoms with Crippen molar-refractivity contribution in [2.75, 3.05) is 6.61 Å². The summed E-state index contributed by atoms with van der Waals surface area (Å²) in [5, 5.41) is 41.2. The minimum atomic E-state index is -1.52. The van der Waals surface area contributed by atoms with E-state index in [2.05, 4.69) is 12.2 Å². The molecule has 1 saturated heterocycles. The molecule has 0 spiro atoms. The Morgan fingerprint density at radius 3 is 1.75 bits per heavy atom. The van der Waals surface area contributed by atoms with Crippen LogP contribution in [-0.4, -0.2) is 69.6 Å². The summed E-state index contributed by atoms with van der Waals surface area (Å²) in [6.07, 6.45) is 11.4. The molecular formula is C24H48N2O6. The first-order valence-corrected chi connectivity index (χ1v) is 12.8. The molecule has 0 bridgehead atoms. The fourth-order valence-corrected chi connectivity index (χ4v) is 4.16. The number of aliphatic hydroxyl groups excluding tert-OH is 4. The van der Waals surface area contributed by atoms with Crippen molar-refractivity contribution in [1.29, 1.82) is 0 Å². The van der Waals surface area contributed by atoms with Gasteiger partial charge in [0, 0.05) is 0 Å². The largest absolute Gasteiger partial charge is 0.394 e. The molecular weight excluding hydrogens is 412 g/mol. The van der Waals surface area contributed by atoms with Crippen molar-refractivity contribution in [2.45, 2.75) is 140 Å². The second-order valence-electron chi connectivity index (χ2n) is 9.25. The first-order chi connectivity index (χ1) is 15.4. The number of hydrogen-bond donors (Lipinski definition) is 6. The molecule has 0 aromatic rings. The molecule has 0 radical (unpaired) electrons. The molecule has 1 fully saturated rings. The summed E-state index contributed by atoms with van der Waals surface area (Å²) >= 11 is 0. The van der Waals surface area contributed by atoms with Crippen LogP contribution in [0.25, 0.3) is 0 Å². The van der Waals surface area contributed by atoms with Gasteiger partial charge in [0.15, 0.2) is 6.23 Å². The Morgan fingerprint density at radius 1 is 0.812 bits per heavy atom. The zero-order chi connectivity index (χ0) is 23.8. The van der Waals surface area contributed by atoms with Gasteiger partial charge in [0.2, 0.25) is 5.91 Å². The third kappa shape index (κ3) is 11.4. The van der Waals surface area contributed by atoms with E-state index in [9.17, 15) is 25.2 Å². The number of unbranched alkanes of at least 4 members (excludes halogenated alkanes) is 13. The molecule has 0 aromatic heterocycles. The molecule has 1 rings (SSSR count). The molecule has 7 N–H and O–H groups in total. The number of carbonyl (C=O) groups is 1. The van der Waals surface area contributed by atoms with Gasteiger partial charge in [0.1, 0.15) is 24.4 Å². The summed E-state index contributed by atoms with van der Waals surface area (Å²) in [5.41, 5.74) is 5.95. The Balaban J connectivity index is 2.04. The predicted octanol–water partition coefficient (Wildman–Crippen LogP) is 2.10. The maximum atomic E-state index is 12.3. The molecule has 8 nitrogen and oxygen atoms in total. The quantitative estimate of drug-likeness (QED) is 0.172. The first kappa shape index (κ1) is 29.3. The van der Waals surface area contributed by atoms with Gasteiger partial charge >= 0.3 is 0 Å². The number of rotatable bonds is 18. The van der Waals surface area contributed by atoms with Crippen LogP contribution >= 0.6 is 0 Å². The predicted molar refractivity (Wildman–Crippen MR) is 125 cm³/mol. The number of amides is 1. The molecule has 1 aliphatic heterocycles. The van der Waals surface area contributed by atoms with Crippen molar-refractivity contribution in [2.24, 2.45) is 5.73 Å². The van der Waals surface area contributed by atoms with E-state index in [-0.39, 0.29) is 0 Å². The minimum absolute atomic E-state index is 0.482. The van der Waals surface area contributed by atoms with Crippen molar-refractivity contribution in [3.05, 3.63) is 0 Å². The van der Waals surface area contributed by atoms with Gasteiger partial charge in [0.05, 0.1) is 12.6 Å².